The first kappa shape index (κ1) is 31.5. The van der Waals surface area contributed by atoms with Crippen LogP contribution in [0, 0.1) is 11.6 Å². The molecule has 2 aromatic heterocycles. The molecule has 0 spiro atoms. The van der Waals surface area contributed by atoms with Crippen LogP contribution in [-0.2, 0) is 10.0 Å². The quantitative estimate of drug-likeness (QED) is 0.332. The number of alkyl halides is 3. The lowest BCUT2D eigenvalue weighted by molar-refractivity contribution is -0.129. The number of rotatable bonds is 9. The van der Waals surface area contributed by atoms with Gasteiger partial charge in [0, 0.05) is 18.1 Å². The fourth-order valence-electron chi connectivity index (χ4n) is 4.97. The Kier molecular flexibility index (Phi) is 9.06. The van der Waals surface area contributed by atoms with E-state index in [9.17, 15) is 26.4 Å². The second-order valence-corrected chi connectivity index (χ2v) is 12.7. The SMILES string of the molecule is CC(C)n1c(=O)c(-c2c(F)cc(NS(=O)(=O)CCC(F)(F)F)cc2F)nc2cnc(NC3CCC(N(C)C)CC3)nc21. The largest absolute Gasteiger partial charge is 0.390 e. The average molecular weight is 618 g/mol. The number of nitrogens with one attached hydrogen (secondary N) is 2. The van der Waals surface area contributed by atoms with Gasteiger partial charge in [-0.25, -0.2) is 27.2 Å². The molecule has 230 valence electrons. The zero-order valence-corrected chi connectivity index (χ0v) is 24.3. The number of anilines is 2. The predicted molar refractivity (Wildman–Crippen MR) is 149 cm³/mol. The fourth-order valence-corrected chi connectivity index (χ4v) is 6.05. The molecule has 3 aromatic rings. The third kappa shape index (κ3) is 7.32. The Balaban J connectivity index is 1.66. The van der Waals surface area contributed by atoms with Crippen LogP contribution in [0.1, 0.15) is 52.0 Å². The molecular weight excluding hydrogens is 585 g/mol. The van der Waals surface area contributed by atoms with E-state index >= 15 is 8.78 Å². The van der Waals surface area contributed by atoms with Crippen LogP contribution in [0.5, 0.6) is 0 Å². The highest BCUT2D eigenvalue weighted by molar-refractivity contribution is 7.92. The summed E-state index contributed by atoms with van der Waals surface area (Å²) in [7, 11) is -0.466. The summed E-state index contributed by atoms with van der Waals surface area (Å²) < 4.78 is 94.6. The lowest BCUT2D eigenvalue weighted by Crippen LogP contribution is -2.36. The molecule has 1 aromatic carbocycles. The highest BCUT2D eigenvalue weighted by atomic mass is 32.2. The molecule has 2 N–H and O–H groups in total. The summed E-state index contributed by atoms with van der Waals surface area (Å²) in [4.78, 5) is 28.6. The Morgan fingerprint density at radius 2 is 1.69 bits per heavy atom. The second kappa shape index (κ2) is 12.1. The van der Waals surface area contributed by atoms with Crippen molar-refractivity contribution in [3.8, 4) is 11.3 Å². The summed E-state index contributed by atoms with van der Waals surface area (Å²) in [6.45, 7) is 3.38. The highest BCUT2D eigenvalue weighted by Gasteiger charge is 2.30. The van der Waals surface area contributed by atoms with E-state index in [1.807, 2.05) is 14.1 Å². The Hall–Kier alpha value is -3.40. The summed E-state index contributed by atoms with van der Waals surface area (Å²) in [6.07, 6.45) is -1.21. The van der Waals surface area contributed by atoms with E-state index in [0.717, 1.165) is 25.7 Å². The number of halogens is 5. The molecule has 1 aliphatic carbocycles. The molecule has 0 bridgehead atoms. The van der Waals surface area contributed by atoms with Gasteiger partial charge in [0.05, 0.1) is 29.6 Å². The maximum absolute atomic E-state index is 15.2. The van der Waals surface area contributed by atoms with Crippen LogP contribution in [-0.4, -0.2) is 70.9 Å². The number of benzene rings is 1. The molecule has 0 amide bonds. The Labute approximate surface area is 239 Å². The molecule has 0 radical (unpaired) electrons. The maximum atomic E-state index is 15.2. The molecule has 0 atom stereocenters. The first-order chi connectivity index (χ1) is 19.5. The van der Waals surface area contributed by atoms with Gasteiger partial charge in [-0.1, -0.05) is 0 Å². The molecule has 10 nitrogen and oxygen atoms in total. The zero-order chi connectivity index (χ0) is 31.0. The topological polar surface area (TPSA) is 122 Å². The average Bonchev–Trinajstić information content (AvgIpc) is 2.87. The number of hydrogen-bond acceptors (Lipinski definition) is 8. The van der Waals surface area contributed by atoms with E-state index in [2.05, 4.69) is 25.2 Å². The van der Waals surface area contributed by atoms with E-state index in [1.54, 1.807) is 18.6 Å². The molecule has 4 rings (SSSR count). The smallest absolute Gasteiger partial charge is 0.351 e. The lowest BCUT2D eigenvalue weighted by Gasteiger charge is -2.32. The van der Waals surface area contributed by atoms with Crippen LogP contribution in [0.25, 0.3) is 22.4 Å². The molecular formula is C26H32F5N7O3S. The third-order valence-electron chi connectivity index (χ3n) is 7.11. The van der Waals surface area contributed by atoms with Crippen LogP contribution in [0.15, 0.2) is 23.1 Å². The summed E-state index contributed by atoms with van der Waals surface area (Å²) in [6, 6.07) is 1.29. The zero-order valence-electron chi connectivity index (χ0n) is 23.5. The normalized spacial score (nSPS) is 18.2. The van der Waals surface area contributed by atoms with Gasteiger partial charge in [-0.15, -0.1) is 0 Å². The van der Waals surface area contributed by atoms with Gasteiger partial charge in [-0.2, -0.15) is 18.2 Å². The maximum Gasteiger partial charge on any atom is 0.390 e. The van der Waals surface area contributed by atoms with Crippen LogP contribution >= 0.6 is 0 Å². The van der Waals surface area contributed by atoms with E-state index in [4.69, 9.17) is 0 Å². The van der Waals surface area contributed by atoms with Gasteiger partial charge in [0.25, 0.3) is 5.56 Å². The van der Waals surface area contributed by atoms with Crippen molar-refractivity contribution < 1.29 is 30.4 Å². The Morgan fingerprint density at radius 3 is 2.24 bits per heavy atom. The van der Waals surface area contributed by atoms with E-state index in [1.165, 1.54) is 10.8 Å². The van der Waals surface area contributed by atoms with Gasteiger partial charge in [-0.05, 0) is 65.8 Å². The molecule has 0 saturated heterocycles. The summed E-state index contributed by atoms with van der Waals surface area (Å²) in [5, 5.41) is 3.30. The summed E-state index contributed by atoms with van der Waals surface area (Å²) in [5.74, 6) is -3.72. The van der Waals surface area contributed by atoms with Crippen molar-refractivity contribution in [3.63, 3.8) is 0 Å². The van der Waals surface area contributed by atoms with Gasteiger partial charge >= 0.3 is 6.18 Å². The van der Waals surface area contributed by atoms with E-state index < -0.39 is 68.6 Å². The minimum absolute atomic E-state index is 0.0934. The van der Waals surface area contributed by atoms with Gasteiger partial charge in [0.1, 0.15) is 22.8 Å². The molecule has 42 heavy (non-hydrogen) atoms. The third-order valence-corrected chi connectivity index (χ3v) is 8.40. The van der Waals surface area contributed by atoms with Crippen LogP contribution < -0.4 is 15.6 Å². The van der Waals surface area contributed by atoms with E-state index in [-0.39, 0.29) is 17.2 Å². The molecule has 16 heteroatoms. The number of aromatic nitrogens is 4. The van der Waals surface area contributed by atoms with Crippen LogP contribution in [0.2, 0.25) is 0 Å². The molecule has 2 heterocycles. The standard InChI is InChI=1S/C26H32F5N7O3S/c1-14(2)38-23-20(13-32-25(35-23)33-15-5-7-17(8-6-15)37(3)4)34-22(24(38)39)21-18(27)11-16(12-19(21)28)36-42(40,41)10-9-26(29,30)31/h11-15,17,36H,5-10H2,1-4H3,(H,32,33,35). The number of sulfonamides is 1. The highest BCUT2D eigenvalue weighted by Crippen LogP contribution is 2.29. The number of fused-ring (bicyclic) bond motifs is 1. The van der Waals surface area contributed by atoms with Gasteiger partial charge in [-0.3, -0.25) is 14.1 Å². The van der Waals surface area contributed by atoms with Gasteiger partial charge in [0.15, 0.2) is 5.65 Å². The number of hydrogen-bond donors (Lipinski definition) is 2. The van der Waals surface area contributed by atoms with Gasteiger partial charge in [0.2, 0.25) is 16.0 Å². The predicted octanol–water partition coefficient (Wildman–Crippen LogP) is 4.69. The minimum atomic E-state index is -4.74. The van der Waals surface area contributed by atoms with E-state index in [0.29, 0.717) is 24.1 Å². The van der Waals surface area contributed by atoms with Crippen molar-refractivity contribution in [1.82, 2.24) is 24.4 Å². The summed E-state index contributed by atoms with van der Waals surface area (Å²) in [5.41, 5.74) is -2.65. The lowest BCUT2D eigenvalue weighted by atomic mass is 9.91. The van der Waals surface area contributed by atoms with Crippen molar-refractivity contribution in [3.05, 3.63) is 40.3 Å². The molecule has 0 aliphatic heterocycles. The van der Waals surface area contributed by atoms with Crippen molar-refractivity contribution in [1.29, 1.82) is 0 Å². The number of nitrogens with zero attached hydrogens (tertiary/aromatic N) is 5. The van der Waals surface area contributed by atoms with Gasteiger partial charge < -0.3 is 10.2 Å². The molecule has 1 aliphatic rings. The Morgan fingerprint density at radius 1 is 1.07 bits per heavy atom. The second-order valence-electron chi connectivity index (χ2n) is 10.8. The summed E-state index contributed by atoms with van der Waals surface area (Å²) >= 11 is 0. The first-order valence-electron chi connectivity index (χ1n) is 13.3. The van der Waals surface area contributed by atoms with Crippen LogP contribution in [0.4, 0.5) is 33.6 Å². The molecule has 1 saturated carbocycles. The van der Waals surface area contributed by atoms with Crippen molar-refractivity contribution in [2.75, 3.05) is 29.9 Å². The Bertz CT molecular complexity index is 1600. The monoisotopic (exact) mass is 617 g/mol. The first-order valence-corrected chi connectivity index (χ1v) is 15.0. The van der Waals surface area contributed by atoms with Crippen LogP contribution in [0.3, 0.4) is 0 Å². The fraction of sp³-hybridized carbons (Fsp3) is 0.538. The van der Waals surface area contributed by atoms with Crippen molar-refractivity contribution in [2.45, 2.75) is 70.3 Å². The molecule has 0 unspecified atom stereocenters. The van der Waals surface area contributed by atoms with Crippen molar-refractivity contribution in [2.24, 2.45) is 0 Å². The molecule has 1 fully saturated rings. The minimum Gasteiger partial charge on any atom is -0.351 e. The van der Waals surface area contributed by atoms with Crippen molar-refractivity contribution >= 4 is 32.8 Å².